The molecule has 16 heteroatoms. The molecular weight excluding hydrogens is 574 g/mol. The van der Waals surface area contributed by atoms with Crippen LogP contribution in [-0.4, -0.2) is 43.5 Å². The minimum absolute atomic E-state index is 0.199. The SMILES string of the molecule is Cc1c(NCc2c(F)cccc2CN2CCC2)cc(F)c(S(=O)(=O)N(OC(=O)C(F)(F)F)c2cscn2)c1F. The van der Waals surface area contributed by atoms with Crippen LogP contribution in [0.1, 0.15) is 23.1 Å². The van der Waals surface area contributed by atoms with Gasteiger partial charge in [0.05, 0.1) is 5.51 Å². The first-order valence-corrected chi connectivity index (χ1v) is 13.6. The number of rotatable bonds is 9. The Morgan fingerprint density at radius 2 is 1.92 bits per heavy atom. The highest BCUT2D eigenvalue weighted by atomic mass is 32.2. The van der Waals surface area contributed by atoms with Gasteiger partial charge in [0.1, 0.15) is 11.6 Å². The van der Waals surface area contributed by atoms with Crippen LogP contribution in [0.25, 0.3) is 0 Å². The first-order valence-electron chi connectivity index (χ1n) is 11.2. The molecule has 1 aliphatic rings. The third-order valence-electron chi connectivity index (χ3n) is 5.91. The van der Waals surface area contributed by atoms with Gasteiger partial charge in [-0.1, -0.05) is 16.6 Å². The monoisotopic (exact) mass is 594 g/mol. The first kappa shape index (κ1) is 28.6. The quantitative estimate of drug-likeness (QED) is 0.278. The fourth-order valence-corrected chi connectivity index (χ4v) is 5.69. The molecule has 0 atom stereocenters. The second-order valence-corrected chi connectivity index (χ2v) is 10.9. The van der Waals surface area contributed by atoms with Gasteiger partial charge in [-0.2, -0.15) is 21.6 Å². The Kier molecular flexibility index (Phi) is 8.09. The number of sulfonamides is 1. The molecule has 1 N–H and O–H groups in total. The average molecular weight is 595 g/mol. The van der Waals surface area contributed by atoms with E-state index in [2.05, 4.69) is 20.0 Å². The number of hydrogen-bond acceptors (Lipinski definition) is 8. The van der Waals surface area contributed by atoms with E-state index in [0.29, 0.717) is 18.2 Å². The predicted molar refractivity (Wildman–Crippen MR) is 129 cm³/mol. The van der Waals surface area contributed by atoms with Gasteiger partial charge in [-0.15, -0.1) is 11.3 Å². The molecule has 3 aromatic rings. The number of nitrogens with one attached hydrogen (secondary N) is 1. The number of nitrogens with zero attached hydrogens (tertiary/aromatic N) is 3. The van der Waals surface area contributed by atoms with Crippen molar-refractivity contribution in [1.29, 1.82) is 0 Å². The Bertz CT molecular complexity index is 1480. The van der Waals surface area contributed by atoms with E-state index >= 15 is 8.78 Å². The highest BCUT2D eigenvalue weighted by Crippen LogP contribution is 2.34. The van der Waals surface area contributed by atoms with Crippen molar-refractivity contribution in [3.63, 3.8) is 0 Å². The molecule has 0 aliphatic carbocycles. The molecule has 0 spiro atoms. The third kappa shape index (κ3) is 5.96. The Balaban J connectivity index is 1.66. The van der Waals surface area contributed by atoms with Crippen LogP contribution in [0.15, 0.2) is 40.1 Å². The summed E-state index contributed by atoms with van der Waals surface area (Å²) in [5, 5.41) is 3.59. The van der Waals surface area contributed by atoms with Crippen LogP contribution in [-0.2, 0) is 32.7 Å². The maximum Gasteiger partial charge on any atom is 0.493 e. The van der Waals surface area contributed by atoms with Crippen LogP contribution in [0.4, 0.5) is 37.8 Å². The van der Waals surface area contributed by atoms with Crippen molar-refractivity contribution < 1.29 is 44.4 Å². The number of alkyl halides is 3. The number of thiazole rings is 1. The molecule has 8 nitrogen and oxygen atoms in total. The molecule has 0 saturated carbocycles. The molecule has 1 fully saturated rings. The zero-order valence-corrected chi connectivity index (χ0v) is 21.7. The minimum Gasteiger partial charge on any atom is -0.380 e. The fraction of sp³-hybridized carbons (Fsp3) is 0.304. The molecule has 1 aliphatic heterocycles. The van der Waals surface area contributed by atoms with Crippen molar-refractivity contribution in [2.45, 2.75) is 37.5 Å². The second kappa shape index (κ2) is 11.0. The van der Waals surface area contributed by atoms with Gasteiger partial charge >= 0.3 is 22.2 Å². The summed E-state index contributed by atoms with van der Waals surface area (Å²) in [4.78, 5) is 19.3. The van der Waals surface area contributed by atoms with Crippen molar-refractivity contribution in [2.75, 3.05) is 22.9 Å². The van der Waals surface area contributed by atoms with E-state index in [1.807, 2.05) is 0 Å². The lowest BCUT2D eigenvalue weighted by atomic mass is 10.0. The summed E-state index contributed by atoms with van der Waals surface area (Å²) in [7, 11) is -5.58. The largest absolute Gasteiger partial charge is 0.493 e. The highest BCUT2D eigenvalue weighted by molar-refractivity contribution is 7.92. The Morgan fingerprint density at radius 3 is 2.51 bits per heavy atom. The summed E-state index contributed by atoms with van der Waals surface area (Å²) in [5.74, 6) is -7.68. The summed E-state index contributed by atoms with van der Waals surface area (Å²) in [5.41, 5.74) is 1.24. The molecule has 0 amide bonds. The number of halogens is 6. The highest BCUT2D eigenvalue weighted by Gasteiger charge is 2.46. The van der Waals surface area contributed by atoms with E-state index in [1.54, 1.807) is 6.07 Å². The van der Waals surface area contributed by atoms with Crippen molar-refractivity contribution in [3.05, 3.63) is 69.3 Å². The van der Waals surface area contributed by atoms with Crippen LogP contribution in [0.3, 0.4) is 0 Å². The van der Waals surface area contributed by atoms with Gasteiger partial charge < -0.3 is 10.2 Å². The Labute approximate surface area is 222 Å². The maximum atomic E-state index is 15.4. The number of hydrogen-bond donors (Lipinski definition) is 1. The van der Waals surface area contributed by atoms with E-state index in [0.717, 1.165) is 48.7 Å². The molecule has 4 rings (SSSR count). The van der Waals surface area contributed by atoms with Crippen LogP contribution in [0.5, 0.6) is 0 Å². The van der Waals surface area contributed by atoms with Crippen molar-refractivity contribution in [2.24, 2.45) is 0 Å². The number of likely N-dealkylation sites (tertiary alicyclic amines) is 1. The molecule has 2 heterocycles. The lowest BCUT2D eigenvalue weighted by molar-refractivity contribution is -0.199. The Hall–Kier alpha value is -3.37. The van der Waals surface area contributed by atoms with E-state index in [9.17, 15) is 30.8 Å². The number of carbonyl (C=O) groups excluding carboxylic acids is 1. The molecule has 1 aromatic heterocycles. The number of benzene rings is 2. The molecule has 210 valence electrons. The van der Waals surface area contributed by atoms with Crippen LogP contribution >= 0.6 is 11.3 Å². The first-order chi connectivity index (χ1) is 18.3. The molecule has 0 bridgehead atoms. The van der Waals surface area contributed by atoms with Crippen molar-refractivity contribution >= 4 is 38.8 Å². The zero-order chi connectivity index (χ0) is 28.5. The number of anilines is 2. The molecule has 1 saturated heterocycles. The second-order valence-electron chi connectivity index (χ2n) is 8.49. The van der Waals surface area contributed by atoms with Crippen molar-refractivity contribution in [3.8, 4) is 0 Å². The van der Waals surface area contributed by atoms with E-state index in [-0.39, 0.29) is 17.8 Å². The lowest BCUT2D eigenvalue weighted by Gasteiger charge is -2.31. The van der Waals surface area contributed by atoms with E-state index < -0.39 is 60.4 Å². The van der Waals surface area contributed by atoms with E-state index in [4.69, 9.17) is 0 Å². The molecule has 0 radical (unpaired) electrons. The smallest absolute Gasteiger partial charge is 0.380 e. The fourth-order valence-electron chi connectivity index (χ4n) is 3.75. The van der Waals surface area contributed by atoms with Gasteiger partial charge in [-0.25, -0.2) is 22.9 Å². The van der Waals surface area contributed by atoms with Gasteiger partial charge in [0, 0.05) is 35.3 Å². The minimum atomic E-state index is -5.62. The number of aromatic nitrogens is 1. The van der Waals surface area contributed by atoms with Crippen LogP contribution < -0.4 is 9.79 Å². The maximum absolute atomic E-state index is 15.4. The van der Waals surface area contributed by atoms with Gasteiger partial charge in [0.2, 0.25) is 0 Å². The van der Waals surface area contributed by atoms with Gasteiger partial charge in [0.15, 0.2) is 16.5 Å². The van der Waals surface area contributed by atoms with Crippen LogP contribution in [0.2, 0.25) is 0 Å². The third-order valence-corrected chi connectivity index (χ3v) is 8.08. The normalized spacial score (nSPS) is 14.1. The Morgan fingerprint density at radius 1 is 1.21 bits per heavy atom. The topological polar surface area (TPSA) is 91.8 Å². The van der Waals surface area contributed by atoms with Crippen molar-refractivity contribution in [1.82, 2.24) is 9.88 Å². The summed E-state index contributed by atoms with van der Waals surface area (Å²) >= 11 is 0.722. The average Bonchev–Trinajstić information content (AvgIpc) is 3.35. The summed E-state index contributed by atoms with van der Waals surface area (Å²) < 4.78 is 109. The van der Waals surface area contributed by atoms with Crippen LogP contribution in [0, 0.1) is 24.4 Å². The van der Waals surface area contributed by atoms with Gasteiger partial charge in [-0.05, 0) is 44.1 Å². The summed E-state index contributed by atoms with van der Waals surface area (Å²) in [6, 6.07) is 5.09. The predicted octanol–water partition coefficient (Wildman–Crippen LogP) is 4.90. The molecular formula is C23H20F6N4O4S2. The van der Waals surface area contributed by atoms with Gasteiger partial charge in [0.25, 0.3) is 0 Å². The van der Waals surface area contributed by atoms with Gasteiger partial charge in [-0.3, -0.25) is 4.90 Å². The molecule has 2 aromatic carbocycles. The molecule has 39 heavy (non-hydrogen) atoms. The van der Waals surface area contributed by atoms with E-state index in [1.165, 1.54) is 12.1 Å². The number of carbonyl (C=O) groups is 1. The zero-order valence-electron chi connectivity index (χ0n) is 20.1. The summed E-state index contributed by atoms with van der Waals surface area (Å²) in [6.07, 6.45) is -4.60. The molecule has 0 unspecified atom stereocenters. The summed E-state index contributed by atoms with van der Waals surface area (Å²) in [6.45, 7) is 3.07. The standard InChI is InChI=1S/C23H20F6N4O4S2/c1-13-18(30-9-15-14(4-2-5-16(15)24)10-32-6-3-7-32)8-17(25)21(20(13)26)39(35,36)33(19-11-38-12-31-19)37-22(34)23(27,28)29/h2,4-5,8,11-12,30H,3,6-7,9-10H2,1H3. The lowest BCUT2D eigenvalue weighted by Crippen LogP contribution is -2.39.